The molecule has 4 aromatic carbocycles. The zero-order chi connectivity index (χ0) is 23.9. The highest BCUT2D eigenvalue weighted by molar-refractivity contribution is 6.11. The van der Waals surface area contributed by atoms with Crippen LogP contribution in [0.25, 0.3) is 32.8 Å². The van der Waals surface area contributed by atoms with Crippen LogP contribution in [0.2, 0.25) is 0 Å². The highest BCUT2D eigenvalue weighted by Gasteiger charge is 2.50. The second-order valence-electron chi connectivity index (χ2n) is 9.78. The zero-order valence-corrected chi connectivity index (χ0v) is 19.2. The lowest BCUT2D eigenvalue weighted by molar-refractivity contribution is -0.385. The first-order valence-electron chi connectivity index (χ1n) is 11.6. The summed E-state index contributed by atoms with van der Waals surface area (Å²) in [5, 5.41) is 13.6. The van der Waals surface area contributed by atoms with E-state index in [-0.39, 0.29) is 22.4 Å². The number of non-ortho nitro benzene ring substituents is 1. The summed E-state index contributed by atoms with van der Waals surface area (Å²) < 4.78 is 12.8. The normalized spacial score (nSPS) is 19.9. The van der Waals surface area contributed by atoms with Crippen molar-refractivity contribution < 1.29 is 14.4 Å². The molecule has 3 heterocycles. The van der Waals surface area contributed by atoms with Crippen molar-refractivity contribution in [1.29, 1.82) is 0 Å². The monoisotopic (exact) mass is 463 g/mol. The molecule has 1 aromatic heterocycles. The molecule has 0 saturated heterocycles. The highest BCUT2D eigenvalue weighted by atomic mass is 16.6. The van der Waals surface area contributed by atoms with Gasteiger partial charge in [-0.15, -0.1) is 0 Å². The molecule has 0 spiro atoms. The van der Waals surface area contributed by atoms with Crippen LogP contribution in [0.15, 0.2) is 66.7 Å². The molecule has 0 N–H and O–H groups in total. The smallest absolute Gasteiger partial charge is 0.269 e. The Hall–Kier alpha value is -4.26. The Balaban J connectivity index is 1.66. The number of hydrogen-bond donors (Lipinski definition) is 0. The van der Waals surface area contributed by atoms with Crippen LogP contribution in [0.5, 0.6) is 11.5 Å². The molecular weight excluding hydrogens is 442 g/mol. The summed E-state index contributed by atoms with van der Waals surface area (Å²) >= 11 is 0. The first kappa shape index (κ1) is 20.1. The lowest BCUT2D eigenvalue weighted by Gasteiger charge is -2.47. The van der Waals surface area contributed by atoms with E-state index in [9.17, 15) is 10.1 Å². The Morgan fingerprint density at radius 2 is 1.63 bits per heavy atom. The van der Waals surface area contributed by atoms with E-state index in [1.165, 1.54) is 6.07 Å². The number of aromatic nitrogens is 2. The molecule has 0 bridgehead atoms. The van der Waals surface area contributed by atoms with Crippen LogP contribution in [-0.2, 0) is 0 Å². The van der Waals surface area contributed by atoms with E-state index in [4.69, 9.17) is 19.4 Å². The van der Waals surface area contributed by atoms with Crippen LogP contribution in [0, 0.1) is 16.0 Å². The summed E-state index contributed by atoms with van der Waals surface area (Å²) in [5.74, 6) is 1.17. The summed E-state index contributed by atoms with van der Waals surface area (Å²) in [7, 11) is 0. The van der Waals surface area contributed by atoms with Crippen LogP contribution in [0.3, 0.4) is 0 Å². The second kappa shape index (κ2) is 6.88. The Morgan fingerprint density at radius 3 is 2.37 bits per heavy atom. The van der Waals surface area contributed by atoms with Crippen LogP contribution < -0.4 is 9.47 Å². The van der Waals surface area contributed by atoms with Gasteiger partial charge in [0.25, 0.3) is 5.69 Å². The Morgan fingerprint density at radius 1 is 0.943 bits per heavy atom. The van der Waals surface area contributed by atoms with Crippen LogP contribution in [0.4, 0.5) is 5.69 Å². The SMILES string of the molecule is CC1(C)Oc2c(c3nc4ccccc4nc3c3ccccc23)[C@@H]2c3cc([N+](=O)[O-])ccc3OC[C@@H]21. The molecule has 7 heteroatoms. The molecule has 0 saturated carbocycles. The fourth-order valence-corrected chi connectivity index (χ4v) is 5.73. The summed E-state index contributed by atoms with van der Waals surface area (Å²) in [5.41, 5.74) is 4.37. The third kappa shape index (κ3) is 2.78. The second-order valence-corrected chi connectivity index (χ2v) is 9.78. The quantitative estimate of drug-likeness (QED) is 0.128. The molecular formula is C28H21N3O4. The molecule has 2 aliphatic rings. The van der Waals surface area contributed by atoms with Gasteiger partial charge in [-0.25, -0.2) is 9.97 Å². The number of nitro benzene ring substituents is 1. The minimum atomic E-state index is -0.569. The number of hydrogen-bond acceptors (Lipinski definition) is 6. The lowest BCUT2D eigenvalue weighted by Crippen LogP contribution is -2.49. The summed E-state index contributed by atoms with van der Waals surface area (Å²) in [6.07, 6.45) is 0. The van der Waals surface area contributed by atoms with Gasteiger partial charge >= 0.3 is 0 Å². The molecule has 0 radical (unpaired) electrons. The number of benzene rings is 4. The third-order valence-electron chi connectivity index (χ3n) is 7.43. The maximum Gasteiger partial charge on any atom is 0.269 e. The Kier molecular flexibility index (Phi) is 3.96. The highest BCUT2D eigenvalue weighted by Crippen LogP contribution is 2.56. The van der Waals surface area contributed by atoms with Crippen molar-refractivity contribution in [3.8, 4) is 11.5 Å². The van der Waals surface area contributed by atoms with Crippen molar-refractivity contribution in [2.45, 2.75) is 25.4 Å². The minimum Gasteiger partial charge on any atom is -0.493 e. The van der Waals surface area contributed by atoms with Crippen LogP contribution >= 0.6 is 0 Å². The van der Waals surface area contributed by atoms with Crippen molar-refractivity contribution in [2.24, 2.45) is 5.92 Å². The maximum atomic E-state index is 11.7. The number of rotatable bonds is 1. The van der Waals surface area contributed by atoms with Gasteiger partial charge < -0.3 is 9.47 Å². The predicted octanol–water partition coefficient (Wildman–Crippen LogP) is 6.16. The predicted molar refractivity (Wildman–Crippen MR) is 133 cm³/mol. The fourth-order valence-electron chi connectivity index (χ4n) is 5.73. The Labute approximate surface area is 200 Å². The van der Waals surface area contributed by atoms with Gasteiger partial charge in [0.15, 0.2) is 0 Å². The van der Waals surface area contributed by atoms with E-state index >= 15 is 0 Å². The molecule has 172 valence electrons. The van der Waals surface area contributed by atoms with E-state index < -0.39 is 5.60 Å². The average Bonchev–Trinajstić information content (AvgIpc) is 2.87. The average molecular weight is 463 g/mol. The summed E-state index contributed by atoms with van der Waals surface area (Å²) in [4.78, 5) is 21.4. The van der Waals surface area contributed by atoms with Gasteiger partial charge in [-0.1, -0.05) is 36.4 Å². The minimum absolute atomic E-state index is 0.0421. The molecule has 5 aromatic rings. The van der Waals surface area contributed by atoms with Gasteiger partial charge in [-0.2, -0.15) is 0 Å². The molecule has 7 nitrogen and oxygen atoms in total. The van der Waals surface area contributed by atoms with Crippen LogP contribution in [0.1, 0.15) is 30.9 Å². The van der Waals surface area contributed by atoms with E-state index in [0.717, 1.165) is 49.7 Å². The summed E-state index contributed by atoms with van der Waals surface area (Å²) in [6.45, 7) is 4.56. The molecule has 0 aliphatic carbocycles. The molecule has 35 heavy (non-hydrogen) atoms. The topological polar surface area (TPSA) is 87.4 Å². The van der Waals surface area contributed by atoms with Crippen molar-refractivity contribution in [3.05, 3.63) is 88.0 Å². The maximum absolute atomic E-state index is 11.7. The van der Waals surface area contributed by atoms with Crippen molar-refractivity contribution in [2.75, 3.05) is 6.61 Å². The molecule has 0 amide bonds. The van der Waals surface area contributed by atoms with Gasteiger partial charge in [0.2, 0.25) is 0 Å². The zero-order valence-electron chi connectivity index (χ0n) is 19.2. The number of nitrogens with zero attached hydrogens (tertiary/aromatic N) is 3. The van der Waals surface area contributed by atoms with Gasteiger partial charge in [0.05, 0.1) is 33.6 Å². The van der Waals surface area contributed by atoms with E-state index in [0.29, 0.717) is 12.4 Å². The van der Waals surface area contributed by atoms with Crippen LogP contribution in [-0.4, -0.2) is 27.1 Å². The standard InChI is InChI=1S/C28H21N3O4/c1-28(2)19-14-34-22-12-11-15(31(32)33)13-18(22)23(19)24-26-25(29-20-9-5-6-10-21(20)30-26)16-7-3-4-8-17(16)27(24)35-28/h3-13,19,23H,14H2,1-2H3/t19-,23+/m0/s1. The van der Waals surface area contributed by atoms with Gasteiger partial charge in [-0.3, -0.25) is 10.1 Å². The first-order valence-corrected chi connectivity index (χ1v) is 11.6. The van der Waals surface area contributed by atoms with Crippen molar-refractivity contribution in [1.82, 2.24) is 9.97 Å². The number of fused-ring (bicyclic) bond motifs is 11. The van der Waals surface area contributed by atoms with Crippen molar-refractivity contribution >= 4 is 38.5 Å². The largest absolute Gasteiger partial charge is 0.493 e. The van der Waals surface area contributed by atoms with E-state index in [1.54, 1.807) is 12.1 Å². The summed E-state index contributed by atoms with van der Waals surface area (Å²) in [6, 6.07) is 20.8. The van der Waals surface area contributed by atoms with Gasteiger partial charge in [-0.05, 0) is 32.0 Å². The van der Waals surface area contributed by atoms with Gasteiger partial charge in [0.1, 0.15) is 17.1 Å². The van der Waals surface area contributed by atoms with Crippen molar-refractivity contribution in [3.63, 3.8) is 0 Å². The van der Waals surface area contributed by atoms with E-state index in [2.05, 4.69) is 19.9 Å². The Bertz CT molecular complexity index is 1710. The number of ether oxygens (including phenoxy) is 2. The number of nitro groups is 1. The first-order chi connectivity index (χ1) is 16.9. The molecule has 2 aliphatic heterocycles. The van der Waals surface area contributed by atoms with E-state index in [1.807, 2.05) is 42.5 Å². The molecule has 2 atom stereocenters. The lowest BCUT2D eigenvalue weighted by atomic mass is 9.69. The molecule has 7 rings (SSSR count). The third-order valence-corrected chi connectivity index (χ3v) is 7.43. The molecule has 0 fully saturated rings. The van der Waals surface area contributed by atoms with Gasteiger partial charge in [0, 0.05) is 45.9 Å². The number of para-hydroxylation sites is 2. The fraction of sp³-hybridized carbons (Fsp3) is 0.214. The molecule has 0 unspecified atom stereocenters.